The van der Waals surface area contributed by atoms with Gasteiger partial charge in [0.15, 0.2) is 15.7 Å². The monoisotopic (exact) mass is 538 g/mol. The Balaban J connectivity index is 1.55. The Kier molecular flexibility index (Phi) is 5.93. The lowest BCUT2D eigenvalue weighted by Crippen LogP contribution is -2.45. The van der Waals surface area contributed by atoms with Gasteiger partial charge in [0.2, 0.25) is 0 Å². The van der Waals surface area contributed by atoms with E-state index in [1.807, 2.05) is 24.3 Å². The maximum absolute atomic E-state index is 13.9. The highest BCUT2D eigenvalue weighted by molar-refractivity contribution is 7.91. The third-order valence-electron chi connectivity index (χ3n) is 6.73. The van der Waals surface area contributed by atoms with Crippen LogP contribution < -0.4 is 5.32 Å². The number of hydrogen-bond donors (Lipinski definition) is 1. The number of likely N-dealkylation sites (N-methyl/N-ethyl adjacent to an activating group) is 1. The topological polar surface area (TPSA) is 74.7 Å². The van der Waals surface area contributed by atoms with Crippen LogP contribution in [0.15, 0.2) is 70.0 Å². The quantitative estimate of drug-likeness (QED) is 0.524. The Bertz CT molecular complexity index is 1440. The smallest absolute Gasteiger partial charge is 0.366 e. The molecular weight excluding hydrogens is 515 g/mol. The molecule has 6 nitrogen and oxygen atoms in total. The second kappa shape index (κ2) is 8.64. The van der Waals surface area contributed by atoms with Gasteiger partial charge in [-0.2, -0.15) is 22.0 Å². The highest BCUT2D eigenvalue weighted by Gasteiger charge is 2.60. The van der Waals surface area contributed by atoms with E-state index in [0.29, 0.717) is 23.8 Å². The van der Waals surface area contributed by atoms with Crippen LogP contribution in [0, 0.1) is 0 Å². The zero-order valence-electron chi connectivity index (χ0n) is 19.9. The number of nitrogens with one attached hydrogen (secondary N) is 1. The van der Waals surface area contributed by atoms with E-state index in [1.54, 1.807) is 0 Å². The molecule has 1 saturated carbocycles. The van der Waals surface area contributed by atoms with Crippen molar-refractivity contribution in [1.82, 2.24) is 15.2 Å². The van der Waals surface area contributed by atoms with E-state index in [-0.39, 0.29) is 27.9 Å². The van der Waals surface area contributed by atoms with Gasteiger partial charge in [0, 0.05) is 30.6 Å². The maximum atomic E-state index is 13.9. The number of aromatic nitrogens is 1. The average Bonchev–Trinajstić information content (AvgIpc) is 3.66. The maximum Gasteiger partial charge on any atom is 0.458 e. The molecule has 0 amide bonds. The summed E-state index contributed by atoms with van der Waals surface area (Å²) in [5, 5.41) is 2.51. The molecule has 0 bridgehead atoms. The molecule has 2 aliphatic heterocycles. The predicted octanol–water partition coefficient (Wildman–Crippen LogP) is 5.01. The van der Waals surface area contributed by atoms with Crippen LogP contribution in [0.25, 0.3) is 11.1 Å². The van der Waals surface area contributed by atoms with Crippen LogP contribution in [-0.2, 0) is 9.84 Å². The SMILES string of the molecule is CCS(=O)(=O)c1cc(-c2ccc(C3CC3)cc2)cnc1C1=NC2=CC(C(F)(F)C(F)(F)F)=CNC2N1C. The van der Waals surface area contributed by atoms with Gasteiger partial charge >= 0.3 is 12.1 Å². The van der Waals surface area contributed by atoms with E-state index >= 15 is 0 Å². The molecule has 1 unspecified atom stereocenters. The molecule has 0 spiro atoms. The first-order valence-corrected chi connectivity index (χ1v) is 13.3. The summed E-state index contributed by atoms with van der Waals surface area (Å²) in [5.74, 6) is -4.70. The number of hydrogen-bond acceptors (Lipinski definition) is 6. The van der Waals surface area contributed by atoms with Gasteiger partial charge in [-0.05, 0) is 42.0 Å². The van der Waals surface area contributed by atoms with Crippen LogP contribution in [0.4, 0.5) is 22.0 Å². The Morgan fingerprint density at radius 2 is 1.76 bits per heavy atom. The van der Waals surface area contributed by atoms with Crippen LogP contribution >= 0.6 is 0 Å². The Hall–Kier alpha value is -3.28. The second-order valence-electron chi connectivity index (χ2n) is 9.23. The number of halogens is 5. The van der Waals surface area contributed by atoms with Crippen LogP contribution in [0.2, 0.25) is 0 Å². The third kappa shape index (κ3) is 4.41. The molecule has 0 saturated heterocycles. The minimum Gasteiger partial charge on any atom is -0.366 e. The normalized spacial score (nSPS) is 20.1. The molecule has 1 fully saturated rings. The summed E-state index contributed by atoms with van der Waals surface area (Å²) in [5.41, 5.74) is 1.17. The number of nitrogens with zero attached hydrogens (tertiary/aromatic N) is 3. The van der Waals surface area contributed by atoms with Gasteiger partial charge < -0.3 is 10.2 Å². The van der Waals surface area contributed by atoms with Crippen molar-refractivity contribution in [2.75, 3.05) is 12.8 Å². The summed E-state index contributed by atoms with van der Waals surface area (Å²) in [7, 11) is -2.29. The Morgan fingerprint density at radius 3 is 2.35 bits per heavy atom. The molecule has 3 aliphatic rings. The van der Waals surface area contributed by atoms with Crippen molar-refractivity contribution < 1.29 is 30.4 Å². The van der Waals surface area contributed by atoms with Crippen molar-refractivity contribution in [3.8, 4) is 11.1 Å². The Labute approximate surface area is 210 Å². The number of benzene rings is 1. The molecule has 1 N–H and O–H groups in total. The molecule has 0 radical (unpaired) electrons. The zero-order valence-corrected chi connectivity index (χ0v) is 20.7. The van der Waals surface area contributed by atoms with Crippen molar-refractivity contribution in [2.45, 2.75) is 48.8 Å². The van der Waals surface area contributed by atoms with Gasteiger partial charge in [-0.15, -0.1) is 0 Å². The molecule has 37 heavy (non-hydrogen) atoms. The van der Waals surface area contributed by atoms with E-state index in [4.69, 9.17) is 0 Å². The van der Waals surface area contributed by atoms with Gasteiger partial charge in [-0.25, -0.2) is 13.4 Å². The number of amidine groups is 1. The molecule has 1 aromatic heterocycles. The number of fused-ring (bicyclic) bond motifs is 1. The molecule has 2 aromatic rings. The number of allylic oxidation sites excluding steroid dienone is 2. The van der Waals surface area contributed by atoms with Gasteiger partial charge in [0.1, 0.15) is 11.9 Å². The fraction of sp³-hybridized carbons (Fsp3) is 0.360. The lowest BCUT2D eigenvalue weighted by Gasteiger charge is -2.29. The van der Waals surface area contributed by atoms with Crippen LogP contribution in [0.5, 0.6) is 0 Å². The highest BCUT2D eigenvalue weighted by atomic mass is 32.2. The first kappa shape index (κ1) is 25.4. The molecule has 1 aromatic carbocycles. The fourth-order valence-electron chi connectivity index (χ4n) is 4.35. The number of rotatable bonds is 6. The summed E-state index contributed by atoms with van der Waals surface area (Å²) in [6, 6.07) is 9.32. The number of pyridine rings is 1. The van der Waals surface area contributed by atoms with Gasteiger partial charge in [-0.3, -0.25) is 4.98 Å². The van der Waals surface area contributed by atoms with Gasteiger partial charge in [-0.1, -0.05) is 31.2 Å². The van der Waals surface area contributed by atoms with Crippen LogP contribution in [-0.4, -0.2) is 55.2 Å². The van der Waals surface area contributed by atoms with Crippen LogP contribution in [0.3, 0.4) is 0 Å². The van der Waals surface area contributed by atoms with Gasteiger partial charge in [0.05, 0.1) is 16.3 Å². The van der Waals surface area contributed by atoms with Crippen molar-refractivity contribution in [2.24, 2.45) is 4.99 Å². The molecule has 3 heterocycles. The summed E-state index contributed by atoms with van der Waals surface area (Å²) < 4.78 is 92.5. The third-order valence-corrected chi connectivity index (χ3v) is 8.47. The number of alkyl halides is 5. The van der Waals surface area contributed by atoms with E-state index in [1.165, 1.54) is 36.7 Å². The van der Waals surface area contributed by atoms with Gasteiger partial charge in [0.25, 0.3) is 0 Å². The largest absolute Gasteiger partial charge is 0.458 e. The predicted molar refractivity (Wildman–Crippen MR) is 128 cm³/mol. The zero-order chi connectivity index (χ0) is 26.8. The van der Waals surface area contributed by atoms with E-state index in [0.717, 1.165) is 18.4 Å². The first-order valence-electron chi connectivity index (χ1n) is 11.6. The summed E-state index contributed by atoms with van der Waals surface area (Å²) in [4.78, 5) is 9.96. The van der Waals surface area contributed by atoms with Crippen molar-refractivity contribution >= 4 is 15.7 Å². The second-order valence-corrected chi connectivity index (χ2v) is 11.5. The summed E-state index contributed by atoms with van der Waals surface area (Å²) in [6.07, 6.45) is -1.57. The minimum absolute atomic E-state index is 0.0102. The standard InChI is InChI=1S/C25H23F5N4O2S/c1-3-37(35,36)20-10-17(16-8-6-15(7-9-16)14-4-5-14)12-31-21(20)23-33-19-11-18(13-32-22(19)34(23)2)24(26,27)25(28,29)30/h6-14,22,32H,3-5H2,1-2H3. The number of aliphatic imine (C=N–C) groups is 1. The molecule has 196 valence electrons. The van der Waals surface area contributed by atoms with Crippen molar-refractivity contribution in [3.63, 3.8) is 0 Å². The first-order chi connectivity index (χ1) is 17.3. The molecule has 1 aliphatic carbocycles. The van der Waals surface area contributed by atoms with Crippen molar-refractivity contribution in [3.05, 3.63) is 71.3 Å². The Morgan fingerprint density at radius 1 is 1.08 bits per heavy atom. The molecule has 5 rings (SSSR count). The minimum atomic E-state index is -5.78. The van der Waals surface area contributed by atoms with Crippen molar-refractivity contribution in [1.29, 1.82) is 0 Å². The number of sulfone groups is 1. The average molecular weight is 539 g/mol. The van der Waals surface area contributed by atoms with E-state index in [9.17, 15) is 30.4 Å². The fourth-order valence-corrected chi connectivity index (χ4v) is 5.41. The summed E-state index contributed by atoms with van der Waals surface area (Å²) in [6.45, 7) is 1.48. The molecule has 1 atom stereocenters. The summed E-state index contributed by atoms with van der Waals surface area (Å²) >= 11 is 0. The number of dihydropyridines is 1. The molecular formula is C25H23F5N4O2S. The highest BCUT2D eigenvalue weighted by Crippen LogP contribution is 2.44. The lowest BCUT2D eigenvalue weighted by molar-refractivity contribution is -0.263. The van der Waals surface area contributed by atoms with Crippen LogP contribution in [0.1, 0.15) is 36.9 Å². The van der Waals surface area contributed by atoms with E-state index < -0.39 is 33.7 Å². The molecule has 12 heteroatoms. The lowest BCUT2D eigenvalue weighted by atomic mass is 10.0. The van der Waals surface area contributed by atoms with E-state index in [2.05, 4.69) is 15.3 Å².